The van der Waals surface area contributed by atoms with Crippen molar-refractivity contribution in [2.24, 2.45) is 5.92 Å². The summed E-state index contributed by atoms with van der Waals surface area (Å²) in [5.41, 5.74) is 2.19. The van der Waals surface area contributed by atoms with Crippen molar-refractivity contribution < 1.29 is 13.2 Å². The first kappa shape index (κ1) is 25.0. The Labute approximate surface area is 204 Å². The lowest BCUT2D eigenvalue weighted by atomic mass is 9.99. The molecular formula is C22H26Cl3N3O3S. The third-order valence-corrected chi connectivity index (χ3v) is 7.55. The van der Waals surface area contributed by atoms with Gasteiger partial charge in [0.2, 0.25) is 15.9 Å². The first-order valence-electron chi connectivity index (χ1n) is 10.3. The number of hydrogen-bond donors (Lipinski definition) is 1. The number of rotatable bonds is 7. The van der Waals surface area contributed by atoms with Gasteiger partial charge in [-0.2, -0.15) is 0 Å². The minimum atomic E-state index is -3.79. The van der Waals surface area contributed by atoms with Gasteiger partial charge in [0.25, 0.3) is 0 Å². The maximum atomic E-state index is 12.5. The highest BCUT2D eigenvalue weighted by Gasteiger charge is 2.24. The van der Waals surface area contributed by atoms with Gasteiger partial charge in [-0.25, -0.2) is 8.42 Å². The van der Waals surface area contributed by atoms with Gasteiger partial charge in [0.1, 0.15) is 6.54 Å². The number of halogens is 3. The Morgan fingerprint density at radius 2 is 1.78 bits per heavy atom. The van der Waals surface area contributed by atoms with E-state index in [0.29, 0.717) is 5.92 Å². The minimum Gasteiger partial charge on any atom is -0.371 e. The van der Waals surface area contributed by atoms with Gasteiger partial charge in [0.15, 0.2) is 0 Å². The van der Waals surface area contributed by atoms with Crippen LogP contribution < -0.4 is 14.5 Å². The number of anilines is 2. The molecule has 0 spiro atoms. The fourth-order valence-electron chi connectivity index (χ4n) is 3.72. The van der Waals surface area contributed by atoms with Crippen LogP contribution >= 0.6 is 34.8 Å². The molecule has 32 heavy (non-hydrogen) atoms. The summed E-state index contributed by atoms with van der Waals surface area (Å²) in [6, 6.07) is 10.7. The van der Waals surface area contributed by atoms with E-state index in [2.05, 4.69) is 29.3 Å². The number of piperidine rings is 1. The molecule has 1 atom stereocenters. The zero-order chi connectivity index (χ0) is 23.5. The topological polar surface area (TPSA) is 69.7 Å². The fraction of sp³-hybridized carbons (Fsp3) is 0.409. The highest BCUT2D eigenvalue weighted by molar-refractivity contribution is 7.92. The quantitative estimate of drug-likeness (QED) is 0.526. The average molecular weight is 519 g/mol. The van der Waals surface area contributed by atoms with E-state index in [0.717, 1.165) is 29.2 Å². The summed E-state index contributed by atoms with van der Waals surface area (Å²) in [7, 11) is -3.79. The van der Waals surface area contributed by atoms with Crippen LogP contribution in [-0.2, 0) is 21.4 Å². The number of benzene rings is 2. The summed E-state index contributed by atoms with van der Waals surface area (Å²) >= 11 is 18.1. The normalized spacial score (nSPS) is 16.7. The second kappa shape index (κ2) is 10.5. The van der Waals surface area contributed by atoms with E-state index >= 15 is 0 Å². The van der Waals surface area contributed by atoms with Crippen LogP contribution in [0.25, 0.3) is 0 Å². The lowest BCUT2D eigenvalue weighted by Crippen LogP contribution is -2.40. The van der Waals surface area contributed by atoms with Gasteiger partial charge in [-0.3, -0.25) is 9.10 Å². The molecule has 3 rings (SSSR count). The summed E-state index contributed by atoms with van der Waals surface area (Å²) in [5, 5.41) is 3.18. The molecule has 1 N–H and O–H groups in total. The van der Waals surface area contributed by atoms with Crippen molar-refractivity contribution in [2.75, 3.05) is 35.1 Å². The Balaban J connectivity index is 1.64. The molecule has 1 unspecified atom stereocenters. The smallest absolute Gasteiger partial charge is 0.241 e. The maximum Gasteiger partial charge on any atom is 0.241 e. The van der Waals surface area contributed by atoms with Crippen LogP contribution in [0.2, 0.25) is 15.1 Å². The Kier molecular flexibility index (Phi) is 8.20. The van der Waals surface area contributed by atoms with Crippen LogP contribution in [-0.4, -0.2) is 40.2 Å². The number of nitrogens with zero attached hydrogens (tertiary/aromatic N) is 2. The van der Waals surface area contributed by atoms with Crippen LogP contribution in [0.1, 0.15) is 25.3 Å². The summed E-state index contributed by atoms with van der Waals surface area (Å²) in [4.78, 5) is 14.9. The SMILES string of the molecule is CC1CCCN(c2ccc(CNC(=O)CN(c3cc(Cl)c(Cl)cc3Cl)S(C)(=O)=O)cc2)C1. The predicted octanol–water partition coefficient (Wildman–Crippen LogP) is 4.97. The van der Waals surface area contributed by atoms with Crippen molar-refractivity contribution in [3.8, 4) is 0 Å². The molecule has 1 saturated heterocycles. The molecule has 1 amide bonds. The van der Waals surface area contributed by atoms with Crippen molar-refractivity contribution in [3.63, 3.8) is 0 Å². The second-order valence-electron chi connectivity index (χ2n) is 8.12. The molecule has 2 aromatic rings. The number of sulfonamides is 1. The van der Waals surface area contributed by atoms with Crippen LogP contribution in [0, 0.1) is 5.92 Å². The molecule has 0 aromatic heterocycles. The molecule has 1 fully saturated rings. The molecule has 174 valence electrons. The van der Waals surface area contributed by atoms with Crippen molar-refractivity contribution in [3.05, 3.63) is 57.0 Å². The molecule has 0 aliphatic carbocycles. The Hall–Kier alpha value is -1.67. The average Bonchev–Trinajstić information content (AvgIpc) is 2.73. The van der Waals surface area contributed by atoms with E-state index in [1.807, 2.05) is 12.1 Å². The van der Waals surface area contributed by atoms with E-state index in [-0.39, 0.29) is 27.3 Å². The lowest BCUT2D eigenvalue weighted by molar-refractivity contribution is -0.119. The van der Waals surface area contributed by atoms with Gasteiger partial charge < -0.3 is 10.2 Å². The van der Waals surface area contributed by atoms with E-state index < -0.39 is 22.5 Å². The van der Waals surface area contributed by atoms with E-state index in [1.165, 1.54) is 30.7 Å². The Morgan fingerprint density at radius 3 is 2.41 bits per heavy atom. The third kappa shape index (κ3) is 6.44. The molecule has 6 nitrogen and oxygen atoms in total. The Bertz CT molecular complexity index is 1080. The molecule has 0 radical (unpaired) electrons. The fourth-order valence-corrected chi connectivity index (χ4v) is 5.27. The monoisotopic (exact) mass is 517 g/mol. The van der Waals surface area contributed by atoms with Crippen molar-refractivity contribution in [1.82, 2.24) is 5.32 Å². The van der Waals surface area contributed by atoms with Gasteiger partial charge in [0.05, 0.1) is 27.0 Å². The van der Waals surface area contributed by atoms with Gasteiger partial charge in [-0.1, -0.05) is 53.9 Å². The first-order valence-corrected chi connectivity index (χ1v) is 13.3. The zero-order valence-electron chi connectivity index (χ0n) is 17.9. The van der Waals surface area contributed by atoms with E-state index in [9.17, 15) is 13.2 Å². The zero-order valence-corrected chi connectivity index (χ0v) is 21.0. The van der Waals surface area contributed by atoms with Crippen LogP contribution in [0.3, 0.4) is 0 Å². The molecule has 1 heterocycles. The van der Waals surface area contributed by atoms with Gasteiger partial charge >= 0.3 is 0 Å². The van der Waals surface area contributed by atoms with Crippen molar-refractivity contribution in [2.45, 2.75) is 26.3 Å². The third-order valence-electron chi connectivity index (χ3n) is 5.39. The number of carbonyl (C=O) groups excluding carboxylic acids is 1. The largest absolute Gasteiger partial charge is 0.371 e. The molecule has 0 bridgehead atoms. The highest BCUT2D eigenvalue weighted by Crippen LogP contribution is 2.35. The standard InChI is InChI=1S/C22H26Cl3N3O3S/c1-15-4-3-9-27(13-15)17-7-5-16(6-8-17)12-26-22(29)14-28(32(2,30)31)21-11-19(24)18(23)10-20(21)25/h5-8,10-11,15H,3-4,9,12-14H2,1-2H3,(H,26,29). The highest BCUT2D eigenvalue weighted by atomic mass is 35.5. The van der Waals surface area contributed by atoms with Crippen LogP contribution in [0.4, 0.5) is 11.4 Å². The molecule has 1 aliphatic rings. The number of carbonyl (C=O) groups is 1. The van der Waals surface area contributed by atoms with Crippen LogP contribution in [0.15, 0.2) is 36.4 Å². The van der Waals surface area contributed by atoms with Gasteiger partial charge in [-0.15, -0.1) is 0 Å². The minimum absolute atomic E-state index is 0.0836. The van der Waals surface area contributed by atoms with E-state index in [1.54, 1.807) is 0 Å². The van der Waals surface area contributed by atoms with Crippen molar-refractivity contribution in [1.29, 1.82) is 0 Å². The molecule has 2 aromatic carbocycles. The molecule has 10 heteroatoms. The van der Waals surface area contributed by atoms with Crippen molar-refractivity contribution >= 4 is 62.1 Å². The second-order valence-corrected chi connectivity index (χ2v) is 11.3. The summed E-state index contributed by atoms with van der Waals surface area (Å²) in [5.74, 6) is 0.219. The number of hydrogen-bond acceptors (Lipinski definition) is 4. The predicted molar refractivity (Wildman–Crippen MR) is 133 cm³/mol. The molecule has 0 saturated carbocycles. The first-order chi connectivity index (χ1) is 15.0. The summed E-state index contributed by atoms with van der Waals surface area (Å²) < 4.78 is 25.5. The van der Waals surface area contributed by atoms with Crippen LogP contribution in [0.5, 0.6) is 0 Å². The molecular weight excluding hydrogens is 493 g/mol. The van der Waals surface area contributed by atoms with Gasteiger partial charge in [0, 0.05) is 25.3 Å². The van der Waals surface area contributed by atoms with E-state index in [4.69, 9.17) is 34.8 Å². The summed E-state index contributed by atoms with van der Waals surface area (Å²) in [6.45, 7) is 4.22. The number of nitrogens with one attached hydrogen (secondary N) is 1. The number of amides is 1. The lowest BCUT2D eigenvalue weighted by Gasteiger charge is -2.32. The van der Waals surface area contributed by atoms with Gasteiger partial charge in [-0.05, 0) is 48.6 Å². The maximum absolute atomic E-state index is 12.5. The Morgan fingerprint density at radius 1 is 1.12 bits per heavy atom. The molecule has 1 aliphatic heterocycles. The summed E-state index contributed by atoms with van der Waals surface area (Å²) in [6.07, 6.45) is 3.45.